The van der Waals surface area contributed by atoms with Gasteiger partial charge in [-0.05, 0) is 44.0 Å². The van der Waals surface area contributed by atoms with Gasteiger partial charge in [-0.25, -0.2) is 9.97 Å². The molecule has 1 aliphatic rings. The highest BCUT2D eigenvalue weighted by Crippen LogP contribution is 2.17. The molecule has 3 aromatic rings. The number of benzene rings is 1. The summed E-state index contributed by atoms with van der Waals surface area (Å²) in [5.41, 5.74) is 3.86. The minimum absolute atomic E-state index is 0.145. The van der Waals surface area contributed by atoms with Crippen LogP contribution in [0.2, 0.25) is 0 Å². The molecular formula is C17H18N6OS. The molecule has 0 radical (unpaired) electrons. The first-order chi connectivity index (χ1) is 12.2. The maximum Gasteiger partial charge on any atom is 0.251 e. The van der Waals surface area contributed by atoms with E-state index >= 15 is 0 Å². The summed E-state index contributed by atoms with van der Waals surface area (Å²) in [6.07, 6.45) is 2.36. The van der Waals surface area contributed by atoms with E-state index in [-0.39, 0.29) is 5.91 Å². The Morgan fingerprint density at radius 1 is 1.16 bits per heavy atom. The van der Waals surface area contributed by atoms with Gasteiger partial charge in [-0.1, -0.05) is 0 Å². The van der Waals surface area contributed by atoms with Crippen molar-refractivity contribution in [3.63, 3.8) is 0 Å². The van der Waals surface area contributed by atoms with Gasteiger partial charge >= 0.3 is 0 Å². The van der Waals surface area contributed by atoms with Crippen LogP contribution in [-0.4, -0.2) is 37.7 Å². The Kier molecular flexibility index (Phi) is 4.27. The molecule has 128 valence electrons. The summed E-state index contributed by atoms with van der Waals surface area (Å²) >= 11 is 1.15. The van der Waals surface area contributed by atoms with E-state index in [9.17, 15) is 4.79 Å². The number of amides is 1. The van der Waals surface area contributed by atoms with E-state index in [1.165, 1.54) is 12.8 Å². The summed E-state index contributed by atoms with van der Waals surface area (Å²) in [6, 6.07) is 7.25. The van der Waals surface area contributed by atoms with Crippen molar-refractivity contribution in [1.29, 1.82) is 0 Å². The van der Waals surface area contributed by atoms with Crippen molar-refractivity contribution >= 4 is 34.6 Å². The summed E-state index contributed by atoms with van der Waals surface area (Å²) < 4.78 is 8.32. The van der Waals surface area contributed by atoms with Crippen LogP contribution >= 0.6 is 11.7 Å². The number of carbonyl (C=O) groups excluding carboxylic acids is 1. The Hall–Kier alpha value is -2.61. The first-order valence-corrected chi connectivity index (χ1v) is 9.02. The third-order valence-electron chi connectivity index (χ3n) is 4.23. The van der Waals surface area contributed by atoms with Crippen LogP contribution in [0.25, 0.3) is 11.0 Å². The molecule has 1 aromatic carbocycles. The first kappa shape index (κ1) is 15.9. The normalized spacial score (nSPS) is 14.2. The minimum Gasteiger partial charge on any atom is -0.346 e. The molecule has 0 saturated carbocycles. The van der Waals surface area contributed by atoms with Gasteiger partial charge < -0.3 is 10.2 Å². The highest BCUT2D eigenvalue weighted by Gasteiger charge is 2.16. The molecule has 0 bridgehead atoms. The number of hydrogen-bond acceptors (Lipinski definition) is 7. The number of hydrogen-bond donors (Lipinski definition) is 1. The van der Waals surface area contributed by atoms with Crippen LogP contribution in [0, 0.1) is 6.92 Å². The lowest BCUT2D eigenvalue weighted by molar-refractivity contribution is 0.0950. The molecule has 1 saturated heterocycles. The summed E-state index contributed by atoms with van der Waals surface area (Å²) in [4.78, 5) is 23.7. The summed E-state index contributed by atoms with van der Waals surface area (Å²) in [7, 11) is 0. The smallest absolute Gasteiger partial charge is 0.251 e. The van der Waals surface area contributed by atoms with Crippen LogP contribution in [0.5, 0.6) is 0 Å². The molecule has 0 atom stereocenters. The number of nitrogens with one attached hydrogen (secondary N) is 1. The maximum absolute atomic E-state index is 12.4. The predicted molar refractivity (Wildman–Crippen MR) is 96.8 cm³/mol. The molecule has 25 heavy (non-hydrogen) atoms. The molecule has 3 heterocycles. The van der Waals surface area contributed by atoms with Gasteiger partial charge in [0.05, 0.1) is 24.0 Å². The number of anilines is 1. The van der Waals surface area contributed by atoms with Gasteiger partial charge in [-0.15, -0.1) is 0 Å². The monoisotopic (exact) mass is 354 g/mol. The van der Waals surface area contributed by atoms with E-state index in [0.717, 1.165) is 53.2 Å². The van der Waals surface area contributed by atoms with Gasteiger partial charge in [0.2, 0.25) is 5.95 Å². The van der Waals surface area contributed by atoms with Crippen LogP contribution in [0.4, 0.5) is 5.95 Å². The molecule has 1 aliphatic heterocycles. The Labute approximate surface area is 149 Å². The molecular weight excluding hydrogens is 336 g/mol. The van der Waals surface area contributed by atoms with E-state index < -0.39 is 0 Å². The maximum atomic E-state index is 12.4. The molecule has 8 heteroatoms. The zero-order valence-corrected chi connectivity index (χ0v) is 14.7. The highest BCUT2D eigenvalue weighted by molar-refractivity contribution is 7.00. The fourth-order valence-corrected chi connectivity index (χ4v) is 3.48. The van der Waals surface area contributed by atoms with E-state index in [1.807, 2.05) is 19.1 Å². The van der Waals surface area contributed by atoms with E-state index in [0.29, 0.717) is 12.1 Å². The molecule has 4 rings (SSSR count). The summed E-state index contributed by atoms with van der Waals surface area (Å²) in [5.74, 6) is 0.616. The molecule has 7 nitrogen and oxygen atoms in total. The quantitative estimate of drug-likeness (QED) is 0.774. The number of fused-ring (bicyclic) bond motifs is 1. The SMILES string of the molecule is Cc1cc(CNC(=O)c2ccc3nsnc3c2)nc(N2CCCC2)n1. The van der Waals surface area contributed by atoms with Crippen molar-refractivity contribution < 1.29 is 4.79 Å². The average molecular weight is 354 g/mol. The minimum atomic E-state index is -0.145. The standard InChI is InChI=1S/C17H18N6OS/c1-11-8-13(20-17(19-11)23-6-2-3-7-23)10-18-16(24)12-4-5-14-15(9-12)22-25-21-14/h4-5,8-9H,2-3,6-7,10H2,1H3,(H,18,24). The van der Waals surface area contributed by atoms with Gasteiger partial charge in [0.15, 0.2) is 0 Å². The predicted octanol–water partition coefficient (Wildman–Crippen LogP) is 2.32. The Balaban J connectivity index is 1.47. The van der Waals surface area contributed by atoms with Crippen molar-refractivity contribution in [3.05, 3.63) is 41.2 Å². The van der Waals surface area contributed by atoms with Gasteiger partial charge in [0.1, 0.15) is 11.0 Å². The number of aromatic nitrogens is 4. The molecule has 1 fully saturated rings. The highest BCUT2D eigenvalue weighted by atomic mass is 32.1. The Morgan fingerprint density at radius 3 is 2.80 bits per heavy atom. The summed E-state index contributed by atoms with van der Waals surface area (Å²) in [5, 5.41) is 2.92. The lowest BCUT2D eigenvalue weighted by atomic mass is 10.2. The topological polar surface area (TPSA) is 83.9 Å². The van der Waals surface area contributed by atoms with Crippen LogP contribution < -0.4 is 10.2 Å². The lowest BCUT2D eigenvalue weighted by Gasteiger charge is -2.16. The van der Waals surface area contributed by atoms with E-state index in [4.69, 9.17) is 0 Å². The van der Waals surface area contributed by atoms with Crippen molar-refractivity contribution in [2.75, 3.05) is 18.0 Å². The lowest BCUT2D eigenvalue weighted by Crippen LogP contribution is -2.25. The Bertz CT molecular complexity index is 918. The first-order valence-electron chi connectivity index (χ1n) is 8.29. The van der Waals surface area contributed by atoms with Crippen LogP contribution in [0.15, 0.2) is 24.3 Å². The second kappa shape index (κ2) is 6.72. The zero-order chi connectivity index (χ0) is 17.2. The molecule has 1 amide bonds. The molecule has 1 N–H and O–H groups in total. The fraction of sp³-hybridized carbons (Fsp3) is 0.353. The van der Waals surface area contributed by atoms with Gasteiger partial charge in [0, 0.05) is 24.3 Å². The van der Waals surface area contributed by atoms with Gasteiger partial charge in [0.25, 0.3) is 5.91 Å². The zero-order valence-electron chi connectivity index (χ0n) is 13.9. The number of rotatable bonds is 4. The van der Waals surface area contributed by atoms with Crippen LogP contribution in [0.1, 0.15) is 34.6 Å². The second-order valence-electron chi connectivity index (χ2n) is 6.15. The molecule has 0 unspecified atom stereocenters. The number of carbonyl (C=O) groups is 1. The second-order valence-corrected chi connectivity index (χ2v) is 6.67. The fourth-order valence-electron chi connectivity index (χ4n) is 2.96. The Morgan fingerprint density at radius 2 is 1.96 bits per heavy atom. The van der Waals surface area contributed by atoms with Crippen molar-refractivity contribution in [2.24, 2.45) is 0 Å². The van der Waals surface area contributed by atoms with Gasteiger partial charge in [-0.3, -0.25) is 4.79 Å². The molecule has 0 aliphatic carbocycles. The van der Waals surface area contributed by atoms with Crippen molar-refractivity contribution in [1.82, 2.24) is 24.0 Å². The number of nitrogens with zero attached hydrogens (tertiary/aromatic N) is 5. The largest absolute Gasteiger partial charge is 0.346 e. The van der Waals surface area contributed by atoms with E-state index in [1.54, 1.807) is 12.1 Å². The van der Waals surface area contributed by atoms with E-state index in [2.05, 4.69) is 28.9 Å². The van der Waals surface area contributed by atoms with Crippen molar-refractivity contribution in [3.8, 4) is 0 Å². The summed E-state index contributed by atoms with van der Waals surface area (Å²) in [6.45, 7) is 4.32. The third-order valence-corrected chi connectivity index (χ3v) is 4.79. The third kappa shape index (κ3) is 3.43. The average Bonchev–Trinajstić information content (AvgIpc) is 3.29. The number of aryl methyl sites for hydroxylation is 1. The van der Waals surface area contributed by atoms with Crippen LogP contribution in [-0.2, 0) is 6.54 Å². The molecule has 0 spiro atoms. The van der Waals surface area contributed by atoms with Crippen molar-refractivity contribution in [2.45, 2.75) is 26.3 Å². The molecule has 2 aromatic heterocycles. The van der Waals surface area contributed by atoms with Gasteiger partial charge in [-0.2, -0.15) is 8.75 Å². The van der Waals surface area contributed by atoms with Crippen LogP contribution in [0.3, 0.4) is 0 Å².